The van der Waals surface area contributed by atoms with Crippen LogP contribution in [0.5, 0.6) is 0 Å². The van der Waals surface area contributed by atoms with Crippen molar-refractivity contribution in [1.29, 1.82) is 0 Å². The van der Waals surface area contributed by atoms with E-state index in [2.05, 4.69) is 17.0 Å². The van der Waals surface area contributed by atoms with Gasteiger partial charge in [0.1, 0.15) is 0 Å². The van der Waals surface area contributed by atoms with Crippen LogP contribution in [0.3, 0.4) is 0 Å². The summed E-state index contributed by atoms with van der Waals surface area (Å²) in [4.78, 5) is 30.1. The fourth-order valence-corrected chi connectivity index (χ4v) is 2.96. The fraction of sp³-hybridized carbons (Fsp3) is 0.444. The summed E-state index contributed by atoms with van der Waals surface area (Å²) in [6, 6.07) is 10.2. The number of anilines is 1. The second-order valence-electron chi connectivity index (χ2n) is 5.92. The average molecular weight is 329 g/mol. The second-order valence-corrected chi connectivity index (χ2v) is 5.92. The van der Waals surface area contributed by atoms with E-state index in [4.69, 9.17) is 4.74 Å². The lowest BCUT2D eigenvalue weighted by Gasteiger charge is -2.35. The molecule has 2 aliphatic rings. The number of nitrogens with zero attached hydrogens (tertiary/aromatic N) is 3. The van der Waals surface area contributed by atoms with Crippen LogP contribution in [0.15, 0.2) is 42.5 Å². The Bertz CT molecular complexity index is 589. The summed E-state index contributed by atoms with van der Waals surface area (Å²) in [7, 11) is 0. The number of morpholine rings is 1. The molecule has 0 aliphatic carbocycles. The van der Waals surface area contributed by atoms with Crippen molar-refractivity contribution in [2.45, 2.75) is 0 Å². The summed E-state index contributed by atoms with van der Waals surface area (Å²) in [5.74, 6) is -0.209. The predicted octanol–water partition coefficient (Wildman–Crippen LogP) is 0.750. The smallest absolute Gasteiger partial charge is 0.246 e. The first kappa shape index (κ1) is 16.5. The normalized spacial score (nSPS) is 18.9. The van der Waals surface area contributed by atoms with Crippen LogP contribution in [0.1, 0.15) is 0 Å². The summed E-state index contributed by atoms with van der Waals surface area (Å²) in [6.45, 7) is 5.26. The minimum atomic E-state index is -0.116. The van der Waals surface area contributed by atoms with Gasteiger partial charge >= 0.3 is 0 Å². The summed E-state index contributed by atoms with van der Waals surface area (Å²) < 4.78 is 5.22. The maximum Gasteiger partial charge on any atom is 0.246 e. The van der Waals surface area contributed by atoms with Gasteiger partial charge in [0.2, 0.25) is 11.8 Å². The summed E-state index contributed by atoms with van der Waals surface area (Å²) >= 11 is 0. The highest BCUT2D eigenvalue weighted by Gasteiger charge is 2.20. The van der Waals surface area contributed by atoms with Crippen LogP contribution in [0.25, 0.3) is 0 Å². The zero-order valence-electron chi connectivity index (χ0n) is 13.8. The topological polar surface area (TPSA) is 53.1 Å². The average Bonchev–Trinajstić information content (AvgIpc) is 2.67. The SMILES string of the molecule is O=C(/C=C/C(=O)N1CCN(c2ccccc2)CC1)N1CCOCC1. The summed E-state index contributed by atoms with van der Waals surface area (Å²) in [5, 5.41) is 0. The van der Waals surface area contributed by atoms with Crippen LogP contribution in [0.2, 0.25) is 0 Å². The molecule has 0 atom stereocenters. The van der Waals surface area contributed by atoms with Gasteiger partial charge in [0, 0.05) is 57.1 Å². The first-order valence-electron chi connectivity index (χ1n) is 8.38. The molecule has 2 amide bonds. The number of hydrogen-bond donors (Lipinski definition) is 0. The molecule has 128 valence electrons. The summed E-state index contributed by atoms with van der Waals surface area (Å²) in [6.07, 6.45) is 2.78. The lowest BCUT2D eigenvalue weighted by atomic mass is 10.2. The van der Waals surface area contributed by atoms with Crippen molar-refractivity contribution in [1.82, 2.24) is 9.80 Å². The Kier molecular flexibility index (Phi) is 5.48. The van der Waals surface area contributed by atoms with Crippen LogP contribution < -0.4 is 4.90 Å². The third kappa shape index (κ3) is 4.14. The van der Waals surface area contributed by atoms with Gasteiger partial charge in [-0.15, -0.1) is 0 Å². The van der Waals surface area contributed by atoms with Crippen LogP contribution in [-0.2, 0) is 14.3 Å². The molecular weight excluding hydrogens is 306 g/mol. The molecule has 3 rings (SSSR count). The molecule has 1 aromatic rings. The van der Waals surface area contributed by atoms with Crippen molar-refractivity contribution in [3.05, 3.63) is 42.5 Å². The number of ether oxygens (including phenoxy) is 1. The van der Waals surface area contributed by atoms with E-state index in [0.29, 0.717) is 39.4 Å². The summed E-state index contributed by atoms with van der Waals surface area (Å²) in [5.41, 5.74) is 1.18. The number of piperazine rings is 1. The molecule has 0 spiro atoms. The van der Waals surface area contributed by atoms with Gasteiger partial charge in [-0.25, -0.2) is 0 Å². The number of carbonyl (C=O) groups excluding carboxylic acids is 2. The van der Waals surface area contributed by atoms with Crippen LogP contribution in [0.4, 0.5) is 5.69 Å². The van der Waals surface area contributed by atoms with E-state index >= 15 is 0 Å². The Morgan fingerprint density at radius 3 is 1.92 bits per heavy atom. The minimum Gasteiger partial charge on any atom is -0.378 e. The number of carbonyl (C=O) groups is 2. The molecule has 6 heteroatoms. The zero-order valence-corrected chi connectivity index (χ0v) is 13.8. The lowest BCUT2D eigenvalue weighted by Crippen LogP contribution is -2.48. The molecule has 24 heavy (non-hydrogen) atoms. The van der Waals surface area contributed by atoms with Crippen molar-refractivity contribution in [2.75, 3.05) is 57.4 Å². The quantitative estimate of drug-likeness (QED) is 0.768. The van der Waals surface area contributed by atoms with Gasteiger partial charge in [0.15, 0.2) is 0 Å². The molecule has 6 nitrogen and oxygen atoms in total. The van der Waals surface area contributed by atoms with Crippen LogP contribution >= 0.6 is 0 Å². The molecule has 1 aromatic carbocycles. The van der Waals surface area contributed by atoms with Gasteiger partial charge in [-0.3, -0.25) is 9.59 Å². The van der Waals surface area contributed by atoms with Gasteiger partial charge in [0.25, 0.3) is 0 Å². The molecule has 2 aliphatic heterocycles. The van der Waals surface area contributed by atoms with Crippen molar-refractivity contribution in [2.24, 2.45) is 0 Å². The highest BCUT2D eigenvalue weighted by atomic mass is 16.5. The van der Waals surface area contributed by atoms with Gasteiger partial charge in [-0.05, 0) is 12.1 Å². The fourth-order valence-electron chi connectivity index (χ4n) is 2.96. The number of rotatable bonds is 3. The Labute approximate surface area is 142 Å². The molecule has 2 saturated heterocycles. The standard InChI is InChI=1S/C18H23N3O3/c22-17(6-7-18(23)21-12-14-24-15-13-21)20-10-8-19(9-11-20)16-4-2-1-3-5-16/h1-7H,8-15H2/b7-6+. The molecular formula is C18H23N3O3. The molecule has 0 bridgehead atoms. The number of hydrogen-bond acceptors (Lipinski definition) is 4. The Hall–Kier alpha value is -2.34. The van der Waals surface area contributed by atoms with Crippen LogP contribution in [-0.4, -0.2) is 74.1 Å². The number of benzene rings is 1. The monoisotopic (exact) mass is 329 g/mol. The van der Waals surface area contributed by atoms with E-state index in [-0.39, 0.29) is 11.8 Å². The molecule has 0 saturated carbocycles. The first-order chi connectivity index (χ1) is 11.7. The van der Waals surface area contributed by atoms with Gasteiger partial charge < -0.3 is 19.4 Å². The Morgan fingerprint density at radius 1 is 0.792 bits per heavy atom. The Morgan fingerprint density at radius 2 is 1.33 bits per heavy atom. The first-order valence-corrected chi connectivity index (χ1v) is 8.38. The number of para-hydroxylation sites is 1. The third-order valence-corrected chi connectivity index (χ3v) is 4.40. The van der Waals surface area contributed by atoms with Crippen molar-refractivity contribution < 1.29 is 14.3 Å². The molecule has 0 aromatic heterocycles. The van der Waals surface area contributed by atoms with E-state index < -0.39 is 0 Å². The van der Waals surface area contributed by atoms with Crippen molar-refractivity contribution in [3.63, 3.8) is 0 Å². The van der Waals surface area contributed by atoms with E-state index in [0.717, 1.165) is 13.1 Å². The lowest BCUT2D eigenvalue weighted by molar-refractivity contribution is -0.131. The molecule has 2 heterocycles. The molecule has 0 radical (unpaired) electrons. The van der Waals surface area contributed by atoms with Crippen molar-refractivity contribution >= 4 is 17.5 Å². The van der Waals surface area contributed by atoms with Crippen LogP contribution in [0, 0.1) is 0 Å². The second kappa shape index (κ2) is 7.97. The molecule has 2 fully saturated rings. The van der Waals surface area contributed by atoms with E-state index in [1.54, 1.807) is 9.80 Å². The maximum atomic E-state index is 12.3. The highest BCUT2D eigenvalue weighted by molar-refractivity contribution is 5.96. The number of amides is 2. The highest BCUT2D eigenvalue weighted by Crippen LogP contribution is 2.15. The van der Waals surface area contributed by atoms with E-state index in [1.165, 1.54) is 17.8 Å². The molecule has 0 N–H and O–H groups in total. The van der Waals surface area contributed by atoms with E-state index in [9.17, 15) is 9.59 Å². The zero-order chi connectivity index (χ0) is 16.8. The van der Waals surface area contributed by atoms with Gasteiger partial charge in [-0.2, -0.15) is 0 Å². The predicted molar refractivity (Wildman–Crippen MR) is 91.8 cm³/mol. The van der Waals surface area contributed by atoms with E-state index in [1.807, 2.05) is 18.2 Å². The maximum absolute atomic E-state index is 12.3. The van der Waals surface area contributed by atoms with Crippen molar-refractivity contribution in [3.8, 4) is 0 Å². The Balaban J connectivity index is 1.48. The van der Waals surface area contributed by atoms with Gasteiger partial charge in [-0.1, -0.05) is 18.2 Å². The largest absolute Gasteiger partial charge is 0.378 e. The minimum absolute atomic E-state index is 0.0932. The molecule has 0 unspecified atom stereocenters. The van der Waals surface area contributed by atoms with Gasteiger partial charge in [0.05, 0.1) is 13.2 Å². The third-order valence-electron chi connectivity index (χ3n) is 4.40.